The predicted molar refractivity (Wildman–Crippen MR) is 60.5 cm³/mol. The van der Waals surface area contributed by atoms with E-state index in [2.05, 4.69) is 34.5 Å². The van der Waals surface area contributed by atoms with Gasteiger partial charge in [0, 0.05) is 32.9 Å². The summed E-state index contributed by atoms with van der Waals surface area (Å²) in [7, 11) is 3.99. The van der Waals surface area contributed by atoms with Gasteiger partial charge in [0.05, 0.1) is 5.69 Å². The van der Waals surface area contributed by atoms with Crippen LogP contribution < -0.4 is 5.32 Å². The predicted octanol–water partition coefficient (Wildman–Crippen LogP) is 0.246. The van der Waals surface area contributed by atoms with Gasteiger partial charge >= 0.3 is 0 Å². The summed E-state index contributed by atoms with van der Waals surface area (Å²) in [5.74, 6) is 0. The normalized spacial score (nSPS) is 11.2. The highest BCUT2D eigenvalue weighted by molar-refractivity contribution is 4.91. The second kappa shape index (κ2) is 6.53. The molecular weight excluding hydrogens is 190 g/mol. The average molecular weight is 211 g/mol. The Kier molecular flexibility index (Phi) is 5.28. The van der Waals surface area contributed by atoms with Crippen molar-refractivity contribution in [2.24, 2.45) is 7.05 Å². The zero-order chi connectivity index (χ0) is 11.1. The number of hydrogen-bond donors (Lipinski definition) is 1. The Balaban J connectivity index is 2.15. The summed E-state index contributed by atoms with van der Waals surface area (Å²) in [4.78, 5) is 2.24. The van der Waals surface area contributed by atoms with Gasteiger partial charge in [-0.3, -0.25) is 9.58 Å². The molecule has 0 atom stereocenters. The lowest BCUT2D eigenvalue weighted by molar-refractivity contribution is 0.320. The van der Waals surface area contributed by atoms with Crippen LogP contribution in [0.4, 0.5) is 0 Å². The molecule has 86 valence electrons. The molecule has 1 heterocycles. The van der Waals surface area contributed by atoms with Crippen molar-refractivity contribution in [3.8, 4) is 0 Å². The fraction of sp³-hybridized carbons (Fsp3) is 0.800. The standard InChI is InChI=1S/C10H21N5/c1-4-5-11-6-7-14(2)8-10-9-15(3)13-12-10/h9,11H,4-8H2,1-3H3. The van der Waals surface area contributed by atoms with Crippen molar-refractivity contribution >= 4 is 0 Å². The van der Waals surface area contributed by atoms with Crippen LogP contribution in [0.25, 0.3) is 0 Å². The Morgan fingerprint density at radius 1 is 1.47 bits per heavy atom. The molecule has 0 saturated heterocycles. The molecule has 5 nitrogen and oxygen atoms in total. The number of aryl methyl sites for hydroxylation is 1. The molecule has 5 heteroatoms. The fourth-order valence-electron chi connectivity index (χ4n) is 1.40. The largest absolute Gasteiger partial charge is 0.315 e. The molecule has 0 aliphatic heterocycles. The molecule has 0 spiro atoms. The molecule has 0 saturated carbocycles. The van der Waals surface area contributed by atoms with E-state index < -0.39 is 0 Å². The van der Waals surface area contributed by atoms with Crippen molar-refractivity contribution in [1.29, 1.82) is 0 Å². The van der Waals surface area contributed by atoms with Gasteiger partial charge in [0.1, 0.15) is 0 Å². The average Bonchev–Trinajstić information content (AvgIpc) is 2.59. The van der Waals surface area contributed by atoms with Crippen molar-refractivity contribution < 1.29 is 0 Å². The van der Waals surface area contributed by atoms with Crippen LogP contribution in [-0.4, -0.2) is 46.6 Å². The summed E-state index contributed by atoms with van der Waals surface area (Å²) >= 11 is 0. The number of rotatable bonds is 7. The minimum Gasteiger partial charge on any atom is -0.315 e. The Hall–Kier alpha value is -0.940. The summed E-state index contributed by atoms with van der Waals surface area (Å²) in [6.45, 7) is 6.21. The Morgan fingerprint density at radius 3 is 2.87 bits per heavy atom. The van der Waals surface area contributed by atoms with E-state index in [0.717, 1.165) is 31.9 Å². The molecule has 15 heavy (non-hydrogen) atoms. The lowest BCUT2D eigenvalue weighted by Gasteiger charge is -2.14. The van der Waals surface area contributed by atoms with Crippen LogP contribution in [0.15, 0.2) is 6.20 Å². The Morgan fingerprint density at radius 2 is 2.27 bits per heavy atom. The minimum atomic E-state index is 0.863. The van der Waals surface area contributed by atoms with E-state index in [9.17, 15) is 0 Å². The van der Waals surface area contributed by atoms with Crippen LogP contribution >= 0.6 is 0 Å². The van der Waals surface area contributed by atoms with Crippen LogP contribution in [-0.2, 0) is 13.6 Å². The molecule has 1 rings (SSSR count). The third-order valence-corrected chi connectivity index (χ3v) is 2.18. The molecule has 0 aromatic carbocycles. The van der Waals surface area contributed by atoms with E-state index in [1.165, 1.54) is 6.42 Å². The van der Waals surface area contributed by atoms with Crippen LogP contribution in [0.5, 0.6) is 0 Å². The van der Waals surface area contributed by atoms with E-state index in [-0.39, 0.29) is 0 Å². The Labute approximate surface area is 91.5 Å². The van der Waals surface area contributed by atoms with Crippen LogP contribution in [0, 0.1) is 0 Å². The van der Waals surface area contributed by atoms with Gasteiger partial charge in [-0.15, -0.1) is 5.10 Å². The molecule has 1 aromatic heterocycles. The summed E-state index contributed by atoms with van der Waals surface area (Å²) in [5, 5.41) is 11.3. The van der Waals surface area contributed by atoms with Crippen molar-refractivity contribution in [2.45, 2.75) is 19.9 Å². The fourth-order valence-corrected chi connectivity index (χ4v) is 1.40. The second-order valence-electron chi connectivity index (χ2n) is 3.87. The maximum absolute atomic E-state index is 4.05. The summed E-state index contributed by atoms with van der Waals surface area (Å²) in [6.07, 6.45) is 3.14. The second-order valence-corrected chi connectivity index (χ2v) is 3.87. The molecule has 0 aliphatic rings. The number of nitrogens with zero attached hydrogens (tertiary/aromatic N) is 4. The van der Waals surface area contributed by atoms with Gasteiger partial charge in [0.25, 0.3) is 0 Å². The van der Waals surface area contributed by atoms with E-state index in [4.69, 9.17) is 0 Å². The van der Waals surface area contributed by atoms with Crippen molar-refractivity contribution in [3.63, 3.8) is 0 Å². The molecule has 1 N–H and O–H groups in total. The molecule has 0 radical (unpaired) electrons. The maximum Gasteiger partial charge on any atom is 0.0966 e. The van der Waals surface area contributed by atoms with Gasteiger partial charge in [-0.1, -0.05) is 12.1 Å². The van der Waals surface area contributed by atoms with E-state index in [1.807, 2.05) is 13.2 Å². The van der Waals surface area contributed by atoms with E-state index >= 15 is 0 Å². The topological polar surface area (TPSA) is 46.0 Å². The van der Waals surface area contributed by atoms with E-state index in [0.29, 0.717) is 0 Å². The molecule has 0 unspecified atom stereocenters. The summed E-state index contributed by atoms with van der Waals surface area (Å²) < 4.78 is 1.73. The van der Waals surface area contributed by atoms with Crippen molar-refractivity contribution in [1.82, 2.24) is 25.2 Å². The first-order valence-electron chi connectivity index (χ1n) is 5.47. The first kappa shape index (κ1) is 12.1. The number of nitrogens with one attached hydrogen (secondary N) is 1. The molecule has 0 aliphatic carbocycles. The third-order valence-electron chi connectivity index (χ3n) is 2.18. The van der Waals surface area contributed by atoms with Gasteiger partial charge < -0.3 is 5.32 Å². The van der Waals surface area contributed by atoms with Crippen molar-refractivity contribution in [2.75, 3.05) is 26.7 Å². The molecule has 0 bridgehead atoms. The van der Waals surface area contributed by atoms with Gasteiger partial charge in [-0.25, -0.2) is 0 Å². The molecular formula is C10H21N5. The van der Waals surface area contributed by atoms with Crippen LogP contribution in [0.2, 0.25) is 0 Å². The summed E-state index contributed by atoms with van der Waals surface area (Å²) in [5.41, 5.74) is 1.02. The Bertz CT molecular complexity index is 271. The highest BCUT2D eigenvalue weighted by Gasteiger charge is 2.02. The number of hydrogen-bond acceptors (Lipinski definition) is 4. The van der Waals surface area contributed by atoms with Crippen LogP contribution in [0.3, 0.4) is 0 Å². The zero-order valence-corrected chi connectivity index (χ0v) is 9.90. The molecule has 0 fully saturated rings. The molecule has 1 aromatic rings. The van der Waals surface area contributed by atoms with Crippen molar-refractivity contribution in [3.05, 3.63) is 11.9 Å². The highest BCUT2D eigenvalue weighted by Crippen LogP contribution is 1.96. The van der Waals surface area contributed by atoms with Gasteiger partial charge in [0.15, 0.2) is 0 Å². The molecule has 0 amide bonds. The lowest BCUT2D eigenvalue weighted by atomic mass is 10.4. The monoisotopic (exact) mass is 211 g/mol. The lowest BCUT2D eigenvalue weighted by Crippen LogP contribution is -2.29. The van der Waals surface area contributed by atoms with E-state index in [1.54, 1.807) is 4.68 Å². The number of likely N-dealkylation sites (N-methyl/N-ethyl adjacent to an activating group) is 1. The SMILES string of the molecule is CCCNCCN(C)Cc1cn(C)nn1. The third kappa shape index (κ3) is 4.90. The zero-order valence-electron chi connectivity index (χ0n) is 9.90. The van der Waals surface area contributed by atoms with Gasteiger partial charge in [-0.2, -0.15) is 0 Å². The highest BCUT2D eigenvalue weighted by atomic mass is 15.4. The first-order chi connectivity index (χ1) is 7.22. The maximum atomic E-state index is 4.05. The first-order valence-corrected chi connectivity index (χ1v) is 5.47. The van der Waals surface area contributed by atoms with Gasteiger partial charge in [-0.05, 0) is 20.0 Å². The quantitative estimate of drug-likeness (QED) is 0.657. The smallest absolute Gasteiger partial charge is 0.0966 e. The van der Waals surface area contributed by atoms with Gasteiger partial charge in [0.2, 0.25) is 0 Å². The number of aromatic nitrogens is 3. The van der Waals surface area contributed by atoms with Crippen LogP contribution in [0.1, 0.15) is 19.0 Å². The summed E-state index contributed by atoms with van der Waals surface area (Å²) in [6, 6.07) is 0. The minimum absolute atomic E-state index is 0.863.